The van der Waals surface area contributed by atoms with E-state index < -0.39 is 5.91 Å². The number of methoxy groups -OCH3 is 1. The maximum Gasteiger partial charge on any atom is 0.255 e. The zero-order valence-electron chi connectivity index (χ0n) is 17.5. The molecule has 3 unspecified atom stereocenters. The van der Waals surface area contributed by atoms with Crippen LogP contribution in [0.4, 0.5) is 0 Å². The minimum absolute atomic E-state index is 0. The molecule has 0 saturated carbocycles. The second-order valence-electron chi connectivity index (χ2n) is 8.14. The average Bonchev–Trinajstić information content (AvgIpc) is 2.71. The normalized spacial score (nSPS) is 23.0. The van der Waals surface area contributed by atoms with Gasteiger partial charge < -0.3 is 20.9 Å². The number of fused-ring (bicyclic) bond motifs is 3. The average molecular weight is 432 g/mol. The number of halogens is 1. The second kappa shape index (κ2) is 9.25. The molecule has 4 N–H and O–H groups in total. The molecule has 4 rings (SSSR count). The molecule has 30 heavy (non-hydrogen) atoms. The van der Waals surface area contributed by atoms with Gasteiger partial charge in [-0.1, -0.05) is 29.8 Å². The first-order valence-corrected chi connectivity index (χ1v) is 10.1. The fourth-order valence-electron chi connectivity index (χ4n) is 4.74. The maximum atomic E-state index is 11.1. The van der Waals surface area contributed by atoms with Gasteiger partial charge in [-0.05, 0) is 48.6 Å². The van der Waals surface area contributed by atoms with Crippen molar-refractivity contribution in [2.24, 2.45) is 11.5 Å². The predicted molar refractivity (Wildman–Crippen MR) is 119 cm³/mol. The molecule has 2 aliphatic rings. The quantitative estimate of drug-likeness (QED) is 0.759. The summed E-state index contributed by atoms with van der Waals surface area (Å²) in [6.45, 7) is 3.90. The lowest BCUT2D eigenvalue weighted by Gasteiger charge is -2.46. The lowest BCUT2D eigenvalue weighted by molar-refractivity contribution is -0.119. The molecule has 2 aromatic carbocycles. The monoisotopic (exact) mass is 431 g/mol. The van der Waals surface area contributed by atoms with Gasteiger partial charge in [-0.2, -0.15) is 0 Å². The maximum absolute atomic E-state index is 11.1. The summed E-state index contributed by atoms with van der Waals surface area (Å²) in [4.78, 5) is 13.6. The van der Waals surface area contributed by atoms with Crippen LogP contribution in [0.1, 0.15) is 40.6 Å². The van der Waals surface area contributed by atoms with Crippen LogP contribution in [0.25, 0.3) is 0 Å². The lowest BCUT2D eigenvalue weighted by Crippen LogP contribution is -2.49. The molecular formula is C23H30ClN3O3. The molecule has 2 aliphatic heterocycles. The highest BCUT2D eigenvalue weighted by molar-refractivity contribution is 5.85. The summed E-state index contributed by atoms with van der Waals surface area (Å²) in [6.07, 6.45) is 1.83. The van der Waals surface area contributed by atoms with Gasteiger partial charge in [0.1, 0.15) is 0 Å². The molecule has 1 saturated heterocycles. The van der Waals surface area contributed by atoms with E-state index in [-0.39, 0.29) is 31.1 Å². The van der Waals surface area contributed by atoms with Crippen LogP contribution in [0.15, 0.2) is 36.4 Å². The van der Waals surface area contributed by atoms with E-state index in [0.29, 0.717) is 17.4 Å². The van der Waals surface area contributed by atoms with E-state index in [1.54, 1.807) is 7.11 Å². The molecule has 1 fully saturated rings. The van der Waals surface area contributed by atoms with Gasteiger partial charge in [-0.25, -0.2) is 0 Å². The van der Waals surface area contributed by atoms with E-state index in [2.05, 4.69) is 36.1 Å². The van der Waals surface area contributed by atoms with Crippen molar-refractivity contribution in [2.75, 3.05) is 26.8 Å². The van der Waals surface area contributed by atoms with Crippen molar-refractivity contribution in [3.63, 3.8) is 0 Å². The molecule has 0 bridgehead atoms. The number of nitrogens with two attached hydrogens (primary N) is 2. The Morgan fingerprint density at radius 3 is 2.73 bits per heavy atom. The van der Waals surface area contributed by atoms with Crippen LogP contribution >= 0.6 is 12.4 Å². The first-order chi connectivity index (χ1) is 14.0. The molecule has 7 heteroatoms. The molecule has 2 aromatic rings. The lowest BCUT2D eigenvalue weighted by atomic mass is 9.78. The Balaban J connectivity index is 0.00000256. The van der Waals surface area contributed by atoms with Crippen molar-refractivity contribution >= 4 is 18.3 Å². The van der Waals surface area contributed by atoms with E-state index >= 15 is 0 Å². The Morgan fingerprint density at radius 2 is 2.03 bits per heavy atom. The molecular weight excluding hydrogens is 402 g/mol. The first kappa shape index (κ1) is 22.4. The summed E-state index contributed by atoms with van der Waals surface area (Å²) >= 11 is 0. The summed E-state index contributed by atoms with van der Waals surface area (Å²) in [5.41, 5.74) is 17.0. The SMILES string of the molecule is COc1cc2c(cc1OCC(N)=O)CCN1CC(c3cccc(C)c3)C(N)CC21.Cl. The number of ether oxygens (including phenoxy) is 2. The summed E-state index contributed by atoms with van der Waals surface area (Å²) in [7, 11) is 1.61. The van der Waals surface area contributed by atoms with Gasteiger partial charge >= 0.3 is 0 Å². The molecule has 0 aromatic heterocycles. The molecule has 162 valence electrons. The van der Waals surface area contributed by atoms with Gasteiger partial charge in [-0.3, -0.25) is 9.69 Å². The number of amides is 1. The third-order valence-electron chi connectivity index (χ3n) is 6.18. The third-order valence-corrected chi connectivity index (χ3v) is 6.18. The molecule has 1 amide bonds. The third kappa shape index (κ3) is 4.41. The number of carbonyl (C=O) groups is 1. The summed E-state index contributed by atoms with van der Waals surface area (Å²) in [5.74, 6) is 1.03. The summed E-state index contributed by atoms with van der Waals surface area (Å²) in [6, 6.07) is 13.1. The number of piperidine rings is 1. The van der Waals surface area contributed by atoms with Gasteiger partial charge in [0.15, 0.2) is 18.1 Å². The fourth-order valence-corrected chi connectivity index (χ4v) is 4.74. The minimum Gasteiger partial charge on any atom is -0.493 e. The first-order valence-electron chi connectivity index (χ1n) is 10.1. The van der Waals surface area contributed by atoms with Crippen LogP contribution in [0, 0.1) is 6.92 Å². The molecule has 3 atom stereocenters. The van der Waals surface area contributed by atoms with Crippen molar-refractivity contribution in [3.8, 4) is 11.5 Å². The van der Waals surface area contributed by atoms with Gasteiger partial charge in [-0.15, -0.1) is 12.4 Å². The molecule has 0 aliphatic carbocycles. The number of hydrogen-bond acceptors (Lipinski definition) is 5. The summed E-state index contributed by atoms with van der Waals surface area (Å²) in [5, 5.41) is 0. The Hall–Kier alpha value is -2.28. The Kier molecular flexibility index (Phi) is 6.91. The van der Waals surface area contributed by atoms with E-state index in [9.17, 15) is 4.79 Å². The number of carbonyl (C=O) groups excluding carboxylic acids is 1. The van der Waals surface area contributed by atoms with Crippen molar-refractivity contribution in [2.45, 2.75) is 37.8 Å². The fraction of sp³-hybridized carbons (Fsp3) is 0.435. The zero-order valence-corrected chi connectivity index (χ0v) is 18.3. The number of hydrogen-bond donors (Lipinski definition) is 2. The van der Waals surface area contributed by atoms with Crippen LogP contribution in [-0.4, -0.2) is 43.7 Å². The van der Waals surface area contributed by atoms with Crippen molar-refractivity contribution in [1.82, 2.24) is 4.90 Å². The van der Waals surface area contributed by atoms with Crippen molar-refractivity contribution < 1.29 is 14.3 Å². The van der Waals surface area contributed by atoms with E-state index in [1.165, 1.54) is 22.3 Å². The van der Waals surface area contributed by atoms with Gasteiger partial charge in [0.05, 0.1) is 7.11 Å². The molecule has 0 radical (unpaired) electrons. The smallest absolute Gasteiger partial charge is 0.255 e. The summed E-state index contributed by atoms with van der Waals surface area (Å²) < 4.78 is 11.1. The Labute approximate surface area is 183 Å². The predicted octanol–water partition coefficient (Wildman–Crippen LogP) is 2.70. The highest BCUT2D eigenvalue weighted by atomic mass is 35.5. The number of benzene rings is 2. The van der Waals surface area contributed by atoms with Crippen LogP contribution in [0.2, 0.25) is 0 Å². The number of nitrogens with zero attached hydrogens (tertiary/aromatic N) is 1. The largest absolute Gasteiger partial charge is 0.493 e. The second-order valence-corrected chi connectivity index (χ2v) is 8.14. The van der Waals surface area contributed by atoms with E-state index in [0.717, 1.165) is 25.9 Å². The van der Waals surface area contributed by atoms with Gasteiger partial charge in [0, 0.05) is 31.1 Å². The van der Waals surface area contributed by atoms with Crippen LogP contribution in [-0.2, 0) is 11.2 Å². The minimum atomic E-state index is -0.503. The highest BCUT2D eigenvalue weighted by Crippen LogP contribution is 2.44. The van der Waals surface area contributed by atoms with Gasteiger partial charge in [0.25, 0.3) is 5.91 Å². The zero-order chi connectivity index (χ0) is 20.5. The van der Waals surface area contributed by atoms with Crippen LogP contribution < -0.4 is 20.9 Å². The Bertz CT molecular complexity index is 921. The number of rotatable bonds is 5. The van der Waals surface area contributed by atoms with Crippen LogP contribution in [0.3, 0.4) is 0 Å². The number of primary amides is 1. The highest BCUT2D eigenvalue weighted by Gasteiger charge is 2.38. The molecule has 0 spiro atoms. The molecule has 2 heterocycles. The van der Waals surface area contributed by atoms with E-state index in [4.69, 9.17) is 20.9 Å². The van der Waals surface area contributed by atoms with Crippen molar-refractivity contribution in [3.05, 3.63) is 58.7 Å². The topological polar surface area (TPSA) is 90.8 Å². The van der Waals surface area contributed by atoms with Crippen LogP contribution in [0.5, 0.6) is 11.5 Å². The van der Waals surface area contributed by atoms with E-state index in [1.807, 2.05) is 12.1 Å². The number of aryl methyl sites for hydroxylation is 1. The molecule has 6 nitrogen and oxygen atoms in total. The Morgan fingerprint density at radius 1 is 1.23 bits per heavy atom. The van der Waals surface area contributed by atoms with Gasteiger partial charge in [0.2, 0.25) is 0 Å². The van der Waals surface area contributed by atoms with Crippen molar-refractivity contribution in [1.29, 1.82) is 0 Å². The standard InChI is InChI=1S/C23H29N3O3.ClH/c1-14-4-3-5-15(8-14)18-12-26-7-6-16-9-22(29-13-23(25)27)21(28-2)10-17(16)20(26)11-19(18)24;/h3-5,8-10,18-20H,6-7,11-13,24H2,1-2H3,(H2,25,27);1H.